The molecular formula is C13H17N3O. The molecule has 1 heterocycles. The van der Waals surface area contributed by atoms with Crippen molar-refractivity contribution in [2.24, 2.45) is 5.73 Å². The predicted octanol–water partition coefficient (Wildman–Crippen LogP) is 1.90. The highest BCUT2D eigenvalue weighted by atomic mass is 16.5. The van der Waals surface area contributed by atoms with Gasteiger partial charge in [0.05, 0.1) is 18.5 Å². The van der Waals surface area contributed by atoms with Crippen LogP contribution in [0.4, 0.5) is 0 Å². The van der Waals surface area contributed by atoms with Gasteiger partial charge in [0.2, 0.25) is 0 Å². The predicted molar refractivity (Wildman–Crippen MR) is 67.4 cm³/mol. The van der Waals surface area contributed by atoms with Gasteiger partial charge in [0.25, 0.3) is 0 Å². The van der Waals surface area contributed by atoms with Crippen LogP contribution in [0.5, 0.6) is 5.75 Å². The van der Waals surface area contributed by atoms with Crippen LogP contribution < -0.4 is 10.5 Å². The van der Waals surface area contributed by atoms with Crippen molar-refractivity contribution >= 4 is 0 Å². The molecule has 1 aromatic carbocycles. The second-order valence-corrected chi connectivity index (χ2v) is 3.80. The van der Waals surface area contributed by atoms with E-state index in [2.05, 4.69) is 12.0 Å². The molecule has 0 aliphatic carbocycles. The molecule has 0 aliphatic rings. The number of nitrogens with zero attached hydrogens (tertiary/aromatic N) is 2. The molecule has 0 unspecified atom stereocenters. The lowest BCUT2D eigenvalue weighted by molar-refractivity contribution is 0.414. The molecule has 0 bridgehead atoms. The maximum Gasteiger partial charge on any atom is 0.121 e. The summed E-state index contributed by atoms with van der Waals surface area (Å²) in [6, 6.07) is 9.89. The van der Waals surface area contributed by atoms with Crippen LogP contribution in [0.1, 0.15) is 18.3 Å². The Morgan fingerprint density at radius 1 is 1.35 bits per heavy atom. The standard InChI is InChI=1S/C13H17N3O/c1-3-11-7-10(9-14)15-16(11)12-5-4-6-13(8-12)17-2/h4-8H,3,9,14H2,1-2H3. The van der Waals surface area contributed by atoms with E-state index in [1.54, 1.807) is 7.11 Å². The Hall–Kier alpha value is -1.81. The highest BCUT2D eigenvalue weighted by Crippen LogP contribution is 2.18. The van der Waals surface area contributed by atoms with Crippen LogP contribution >= 0.6 is 0 Å². The third kappa shape index (κ3) is 2.31. The summed E-state index contributed by atoms with van der Waals surface area (Å²) in [5.41, 5.74) is 8.68. The van der Waals surface area contributed by atoms with Gasteiger partial charge in [-0.15, -0.1) is 0 Å². The number of hydrogen-bond donors (Lipinski definition) is 1. The molecule has 0 aliphatic heterocycles. The van der Waals surface area contributed by atoms with E-state index < -0.39 is 0 Å². The van der Waals surface area contributed by atoms with Crippen molar-refractivity contribution in [3.63, 3.8) is 0 Å². The average Bonchev–Trinajstić information content (AvgIpc) is 2.82. The second-order valence-electron chi connectivity index (χ2n) is 3.80. The fourth-order valence-electron chi connectivity index (χ4n) is 1.79. The van der Waals surface area contributed by atoms with E-state index in [0.717, 1.165) is 29.2 Å². The first-order valence-electron chi connectivity index (χ1n) is 5.70. The fraction of sp³-hybridized carbons (Fsp3) is 0.308. The first-order chi connectivity index (χ1) is 8.28. The van der Waals surface area contributed by atoms with Crippen molar-refractivity contribution in [3.8, 4) is 11.4 Å². The van der Waals surface area contributed by atoms with E-state index in [1.165, 1.54) is 0 Å². The molecule has 0 amide bonds. The van der Waals surface area contributed by atoms with Crippen molar-refractivity contribution < 1.29 is 4.74 Å². The molecule has 1 aromatic heterocycles. The summed E-state index contributed by atoms with van der Waals surface area (Å²) in [5.74, 6) is 0.828. The average molecular weight is 231 g/mol. The highest BCUT2D eigenvalue weighted by molar-refractivity contribution is 5.40. The van der Waals surface area contributed by atoms with E-state index >= 15 is 0 Å². The normalized spacial score (nSPS) is 10.5. The van der Waals surface area contributed by atoms with Crippen molar-refractivity contribution in [2.45, 2.75) is 19.9 Å². The molecule has 90 valence electrons. The number of aromatic nitrogens is 2. The van der Waals surface area contributed by atoms with Crippen LogP contribution in [0.2, 0.25) is 0 Å². The lowest BCUT2D eigenvalue weighted by Gasteiger charge is -2.07. The van der Waals surface area contributed by atoms with Gasteiger partial charge < -0.3 is 10.5 Å². The van der Waals surface area contributed by atoms with E-state index in [1.807, 2.05) is 35.0 Å². The van der Waals surface area contributed by atoms with Crippen molar-refractivity contribution in [2.75, 3.05) is 7.11 Å². The molecule has 0 atom stereocenters. The lowest BCUT2D eigenvalue weighted by atomic mass is 10.2. The Kier molecular flexibility index (Phi) is 3.44. The van der Waals surface area contributed by atoms with Crippen LogP contribution in [0, 0.1) is 0 Å². The summed E-state index contributed by atoms with van der Waals surface area (Å²) < 4.78 is 7.14. The Morgan fingerprint density at radius 3 is 2.82 bits per heavy atom. The number of benzene rings is 1. The summed E-state index contributed by atoms with van der Waals surface area (Å²) >= 11 is 0. The van der Waals surface area contributed by atoms with E-state index in [0.29, 0.717) is 6.54 Å². The number of hydrogen-bond acceptors (Lipinski definition) is 3. The van der Waals surface area contributed by atoms with Crippen molar-refractivity contribution in [3.05, 3.63) is 41.7 Å². The Labute approximate surface area is 101 Å². The summed E-state index contributed by atoms with van der Waals surface area (Å²) in [6.45, 7) is 2.57. The van der Waals surface area contributed by atoms with E-state index in [4.69, 9.17) is 10.5 Å². The molecule has 0 radical (unpaired) electrons. The molecular weight excluding hydrogens is 214 g/mol. The molecule has 4 nitrogen and oxygen atoms in total. The van der Waals surface area contributed by atoms with Gasteiger partial charge in [-0.25, -0.2) is 4.68 Å². The maximum absolute atomic E-state index is 5.62. The van der Waals surface area contributed by atoms with Gasteiger partial charge in [0.15, 0.2) is 0 Å². The lowest BCUT2D eigenvalue weighted by Crippen LogP contribution is -2.03. The molecule has 0 saturated heterocycles. The van der Waals surface area contributed by atoms with Gasteiger partial charge in [-0.2, -0.15) is 5.10 Å². The molecule has 2 rings (SSSR count). The smallest absolute Gasteiger partial charge is 0.121 e. The minimum atomic E-state index is 0.462. The first-order valence-corrected chi connectivity index (χ1v) is 5.70. The van der Waals surface area contributed by atoms with Gasteiger partial charge in [-0.05, 0) is 24.6 Å². The topological polar surface area (TPSA) is 53.1 Å². The second kappa shape index (κ2) is 5.01. The van der Waals surface area contributed by atoms with Gasteiger partial charge in [-0.1, -0.05) is 13.0 Å². The number of rotatable bonds is 4. The van der Waals surface area contributed by atoms with Gasteiger partial charge in [-0.3, -0.25) is 0 Å². The summed E-state index contributed by atoms with van der Waals surface area (Å²) in [4.78, 5) is 0. The van der Waals surface area contributed by atoms with E-state index in [9.17, 15) is 0 Å². The first kappa shape index (κ1) is 11.7. The summed E-state index contributed by atoms with van der Waals surface area (Å²) in [5, 5.41) is 4.48. The quantitative estimate of drug-likeness (QED) is 0.874. The Balaban J connectivity index is 2.47. The minimum absolute atomic E-state index is 0.462. The molecule has 4 heteroatoms. The van der Waals surface area contributed by atoms with Crippen LogP contribution in [0.3, 0.4) is 0 Å². The number of ether oxygens (including phenoxy) is 1. The molecule has 2 N–H and O–H groups in total. The molecule has 0 spiro atoms. The van der Waals surface area contributed by atoms with Crippen LogP contribution in [-0.4, -0.2) is 16.9 Å². The van der Waals surface area contributed by atoms with Crippen molar-refractivity contribution in [1.29, 1.82) is 0 Å². The Bertz CT molecular complexity index is 505. The third-order valence-electron chi connectivity index (χ3n) is 2.70. The molecule has 0 saturated carbocycles. The van der Waals surface area contributed by atoms with Gasteiger partial charge in [0, 0.05) is 18.3 Å². The van der Waals surface area contributed by atoms with Gasteiger partial charge in [0.1, 0.15) is 5.75 Å². The third-order valence-corrected chi connectivity index (χ3v) is 2.70. The zero-order chi connectivity index (χ0) is 12.3. The minimum Gasteiger partial charge on any atom is -0.497 e. The Morgan fingerprint density at radius 2 is 2.18 bits per heavy atom. The SMILES string of the molecule is CCc1cc(CN)nn1-c1cccc(OC)c1. The van der Waals surface area contributed by atoms with Crippen LogP contribution in [0.25, 0.3) is 5.69 Å². The van der Waals surface area contributed by atoms with E-state index in [-0.39, 0.29) is 0 Å². The molecule has 2 aromatic rings. The monoisotopic (exact) mass is 231 g/mol. The molecule has 17 heavy (non-hydrogen) atoms. The number of nitrogens with two attached hydrogens (primary N) is 1. The number of aryl methyl sites for hydroxylation is 1. The highest BCUT2D eigenvalue weighted by Gasteiger charge is 2.07. The number of methoxy groups -OCH3 is 1. The zero-order valence-corrected chi connectivity index (χ0v) is 10.2. The zero-order valence-electron chi connectivity index (χ0n) is 10.2. The largest absolute Gasteiger partial charge is 0.497 e. The summed E-state index contributed by atoms with van der Waals surface area (Å²) in [7, 11) is 1.66. The van der Waals surface area contributed by atoms with Gasteiger partial charge >= 0.3 is 0 Å². The fourth-order valence-corrected chi connectivity index (χ4v) is 1.79. The van der Waals surface area contributed by atoms with Crippen molar-refractivity contribution in [1.82, 2.24) is 9.78 Å². The maximum atomic E-state index is 5.62. The van der Waals surface area contributed by atoms with Crippen LogP contribution in [-0.2, 0) is 13.0 Å². The molecule has 0 fully saturated rings. The summed E-state index contributed by atoms with van der Waals surface area (Å²) in [6.07, 6.45) is 0.921. The van der Waals surface area contributed by atoms with Crippen LogP contribution in [0.15, 0.2) is 30.3 Å².